The van der Waals surface area contributed by atoms with E-state index < -0.39 is 0 Å². The van der Waals surface area contributed by atoms with Crippen molar-refractivity contribution in [3.63, 3.8) is 0 Å². The van der Waals surface area contributed by atoms with E-state index in [1.54, 1.807) is 0 Å². The van der Waals surface area contributed by atoms with Gasteiger partial charge in [0.25, 0.3) is 0 Å². The predicted octanol–water partition coefficient (Wildman–Crippen LogP) is -2.59. The largest absolute Gasteiger partial charge is 0.373 e. The molecule has 4 heteroatoms. The summed E-state index contributed by atoms with van der Waals surface area (Å²) in [6, 6.07) is 0. The summed E-state index contributed by atoms with van der Waals surface area (Å²) in [5, 5.41) is 4.21. The lowest BCUT2D eigenvalue weighted by atomic mass is 10.6. The molecule has 4 nitrogen and oxygen atoms in total. The van der Waals surface area contributed by atoms with Gasteiger partial charge in [0.05, 0.1) is 53.6 Å². The van der Waals surface area contributed by atoms with Crippen LogP contribution in [0.15, 0.2) is 0 Å². The molecule has 4 N–H and O–H groups in total. The highest BCUT2D eigenvalue weighted by Crippen LogP contribution is 1.75. The van der Waals surface area contributed by atoms with E-state index in [1.807, 2.05) is 14.1 Å². The predicted molar refractivity (Wildman–Crippen MR) is 47.1 cm³/mol. The zero-order valence-corrected chi connectivity index (χ0v) is 8.21. The zero-order chi connectivity index (χ0) is 9.07. The molecule has 0 aliphatic carbocycles. The van der Waals surface area contributed by atoms with Crippen molar-refractivity contribution < 1.29 is 20.1 Å². The molecule has 0 aromatic heterocycles. The van der Waals surface area contributed by atoms with Gasteiger partial charge < -0.3 is 20.1 Å². The van der Waals surface area contributed by atoms with Crippen molar-refractivity contribution in [3.8, 4) is 0 Å². The Morgan fingerprint density at radius 3 is 1.50 bits per heavy atom. The summed E-state index contributed by atoms with van der Waals surface area (Å²) in [7, 11) is 4.08. The number of rotatable bonds is 9. The molecular weight excluding hydrogens is 156 g/mol. The molecule has 0 aromatic rings. The van der Waals surface area contributed by atoms with Crippen LogP contribution in [0.1, 0.15) is 0 Å². The number of hydrogen-bond acceptors (Lipinski definition) is 2. The van der Waals surface area contributed by atoms with E-state index >= 15 is 0 Å². The second-order valence-electron chi connectivity index (χ2n) is 2.62. The van der Waals surface area contributed by atoms with Crippen LogP contribution in [0.25, 0.3) is 0 Å². The molecule has 0 heterocycles. The maximum absolute atomic E-state index is 5.29. The smallest absolute Gasteiger partial charge is 0.0991 e. The molecule has 0 amide bonds. The van der Waals surface area contributed by atoms with E-state index in [0.29, 0.717) is 0 Å². The van der Waals surface area contributed by atoms with Crippen LogP contribution < -0.4 is 10.6 Å². The summed E-state index contributed by atoms with van der Waals surface area (Å²) >= 11 is 0. The lowest BCUT2D eigenvalue weighted by molar-refractivity contribution is -0.629. The second-order valence-corrected chi connectivity index (χ2v) is 2.62. The highest BCUT2D eigenvalue weighted by molar-refractivity contribution is 4.30. The molecule has 12 heavy (non-hydrogen) atoms. The highest BCUT2D eigenvalue weighted by atomic mass is 16.5. The number of quaternary nitrogens is 2. The van der Waals surface area contributed by atoms with Crippen LogP contribution >= 0.6 is 0 Å². The first-order chi connectivity index (χ1) is 5.91. The van der Waals surface area contributed by atoms with Crippen LogP contribution in [-0.2, 0) is 9.47 Å². The third kappa shape index (κ3) is 9.84. The van der Waals surface area contributed by atoms with Crippen molar-refractivity contribution in [2.75, 3.05) is 53.6 Å². The maximum atomic E-state index is 5.29. The Morgan fingerprint density at radius 1 is 0.750 bits per heavy atom. The number of nitrogens with two attached hydrogens (primary N) is 2. The van der Waals surface area contributed by atoms with Gasteiger partial charge in [0.1, 0.15) is 0 Å². The van der Waals surface area contributed by atoms with E-state index in [2.05, 4.69) is 10.6 Å². The summed E-state index contributed by atoms with van der Waals surface area (Å²) in [6.07, 6.45) is 0. The first-order valence-corrected chi connectivity index (χ1v) is 4.63. The fourth-order valence-electron chi connectivity index (χ4n) is 0.724. The quantitative estimate of drug-likeness (QED) is 0.381. The monoisotopic (exact) mass is 178 g/mol. The topological polar surface area (TPSA) is 51.7 Å². The standard InChI is InChI=1S/C8H20N2O2/c1-9-3-5-11-7-8-12-6-4-10-2/h9-10H,3-8H2,1-2H3/p+2. The summed E-state index contributed by atoms with van der Waals surface area (Å²) in [5.41, 5.74) is 0. The molecule has 0 bridgehead atoms. The molecule has 0 aromatic carbocycles. The van der Waals surface area contributed by atoms with Gasteiger partial charge in [0.15, 0.2) is 0 Å². The Bertz CT molecular complexity index is 71.5. The van der Waals surface area contributed by atoms with E-state index in [1.165, 1.54) is 0 Å². The molecular formula is C8H22N2O2+2. The molecule has 0 unspecified atom stereocenters. The van der Waals surface area contributed by atoms with Crippen LogP contribution in [-0.4, -0.2) is 53.6 Å². The van der Waals surface area contributed by atoms with Gasteiger partial charge in [0.2, 0.25) is 0 Å². The molecule has 0 rings (SSSR count). The van der Waals surface area contributed by atoms with Crippen molar-refractivity contribution in [2.45, 2.75) is 0 Å². The van der Waals surface area contributed by atoms with Gasteiger partial charge in [-0.2, -0.15) is 0 Å². The van der Waals surface area contributed by atoms with Crippen molar-refractivity contribution in [1.82, 2.24) is 0 Å². The molecule has 0 fully saturated rings. The van der Waals surface area contributed by atoms with Gasteiger partial charge in [-0.05, 0) is 0 Å². The summed E-state index contributed by atoms with van der Waals surface area (Å²) in [4.78, 5) is 0. The number of ether oxygens (including phenoxy) is 2. The van der Waals surface area contributed by atoms with E-state index in [9.17, 15) is 0 Å². The van der Waals surface area contributed by atoms with Crippen LogP contribution in [0.3, 0.4) is 0 Å². The Hall–Kier alpha value is -0.160. The van der Waals surface area contributed by atoms with Gasteiger partial charge in [-0.25, -0.2) is 0 Å². The van der Waals surface area contributed by atoms with Crippen molar-refractivity contribution in [3.05, 3.63) is 0 Å². The molecule has 0 aliphatic rings. The molecule has 0 aliphatic heterocycles. The van der Waals surface area contributed by atoms with Gasteiger partial charge in [0, 0.05) is 0 Å². The first-order valence-electron chi connectivity index (χ1n) is 4.63. The minimum Gasteiger partial charge on any atom is -0.373 e. The third-order valence-electron chi connectivity index (χ3n) is 1.47. The van der Waals surface area contributed by atoms with Crippen molar-refractivity contribution >= 4 is 0 Å². The average molecular weight is 178 g/mol. The van der Waals surface area contributed by atoms with Crippen LogP contribution in [0.5, 0.6) is 0 Å². The van der Waals surface area contributed by atoms with Gasteiger partial charge >= 0.3 is 0 Å². The highest BCUT2D eigenvalue weighted by Gasteiger charge is 1.90. The van der Waals surface area contributed by atoms with Crippen LogP contribution in [0.2, 0.25) is 0 Å². The Labute approximate surface area is 74.6 Å². The van der Waals surface area contributed by atoms with Crippen molar-refractivity contribution in [2.24, 2.45) is 0 Å². The van der Waals surface area contributed by atoms with Gasteiger partial charge in [-0.15, -0.1) is 0 Å². The second kappa shape index (κ2) is 10.8. The maximum Gasteiger partial charge on any atom is 0.0991 e. The molecule has 0 saturated heterocycles. The minimum atomic E-state index is 0.720. The van der Waals surface area contributed by atoms with Crippen molar-refractivity contribution in [1.29, 1.82) is 0 Å². The zero-order valence-electron chi connectivity index (χ0n) is 8.21. The van der Waals surface area contributed by atoms with Gasteiger partial charge in [-0.1, -0.05) is 0 Å². The lowest BCUT2D eigenvalue weighted by Crippen LogP contribution is -2.80. The third-order valence-corrected chi connectivity index (χ3v) is 1.47. The summed E-state index contributed by atoms with van der Waals surface area (Å²) in [6.45, 7) is 5.14. The molecule has 0 spiro atoms. The fraction of sp³-hybridized carbons (Fsp3) is 1.00. The molecule has 0 atom stereocenters. The minimum absolute atomic E-state index is 0.720. The van der Waals surface area contributed by atoms with Crippen LogP contribution in [0, 0.1) is 0 Å². The van der Waals surface area contributed by atoms with Crippen LogP contribution in [0.4, 0.5) is 0 Å². The van der Waals surface area contributed by atoms with Gasteiger partial charge in [-0.3, -0.25) is 0 Å². The Kier molecular flexibility index (Phi) is 10.7. The Morgan fingerprint density at radius 2 is 1.17 bits per heavy atom. The average Bonchev–Trinajstić information content (AvgIpc) is 2.10. The van der Waals surface area contributed by atoms with E-state index in [0.717, 1.165) is 39.5 Å². The number of hydrogen-bond donors (Lipinski definition) is 2. The normalized spacial score (nSPS) is 10.5. The van der Waals surface area contributed by atoms with E-state index in [4.69, 9.17) is 9.47 Å². The SMILES string of the molecule is C[NH2+]CCOCCOCC[NH2+]C. The fourth-order valence-corrected chi connectivity index (χ4v) is 0.724. The first kappa shape index (κ1) is 11.8. The summed E-state index contributed by atoms with van der Waals surface area (Å²) in [5.74, 6) is 0. The summed E-state index contributed by atoms with van der Waals surface area (Å²) < 4.78 is 10.6. The molecule has 0 radical (unpaired) electrons. The number of likely N-dealkylation sites (N-methyl/N-ethyl adjacent to an activating group) is 2. The Balaban J connectivity index is 2.73. The molecule has 0 saturated carbocycles. The van der Waals surface area contributed by atoms with E-state index in [-0.39, 0.29) is 0 Å². The molecule has 74 valence electrons. The lowest BCUT2D eigenvalue weighted by Gasteiger charge is -2.03.